The minimum absolute atomic E-state index is 0.289. The molecule has 4 heteroatoms. The minimum atomic E-state index is 0.289. The second-order valence-corrected chi connectivity index (χ2v) is 6.87. The van der Waals surface area contributed by atoms with Crippen LogP contribution in [0.15, 0.2) is 18.2 Å². The summed E-state index contributed by atoms with van der Waals surface area (Å²) in [7, 11) is 3.35. The molecule has 2 N–H and O–H groups in total. The minimum Gasteiger partial charge on any atom is -0.493 e. The summed E-state index contributed by atoms with van der Waals surface area (Å²) >= 11 is 0. The lowest BCUT2D eigenvalue weighted by Gasteiger charge is -2.37. The molecule has 1 aliphatic rings. The first-order valence-corrected chi connectivity index (χ1v) is 8.20. The van der Waals surface area contributed by atoms with Crippen LogP contribution >= 0.6 is 0 Å². The van der Waals surface area contributed by atoms with E-state index in [4.69, 9.17) is 15.2 Å². The van der Waals surface area contributed by atoms with Crippen molar-refractivity contribution < 1.29 is 9.47 Å². The number of nitrogens with zero attached hydrogens (tertiary/aromatic N) is 1. The van der Waals surface area contributed by atoms with Crippen molar-refractivity contribution in [2.24, 2.45) is 17.6 Å². The second-order valence-electron chi connectivity index (χ2n) is 6.87. The lowest BCUT2D eigenvalue weighted by Crippen LogP contribution is -2.48. The first kappa shape index (κ1) is 17.1. The zero-order valence-electron chi connectivity index (χ0n) is 14.3. The molecule has 1 aromatic carbocycles. The van der Waals surface area contributed by atoms with Crippen LogP contribution in [0.4, 0.5) is 0 Å². The summed E-state index contributed by atoms with van der Waals surface area (Å²) in [5.41, 5.74) is 7.55. The highest BCUT2D eigenvalue weighted by atomic mass is 16.5. The molecule has 1 fully saturated rings. The Labute approximate surface area is 134 Å². The number of ether oxygens (including phenoxy) is 2. The molecular weight excluding hydrogens is 276 g/mol. The number of likely N-dealkylation sites (tertiary alicyclic amines) is 1. The molecule has 1 heterocycles. The van der Waals surface area contributed by atoms with Crippen LogP contribution in [0.3, 0.4) is 0 Å². The molecule has 2 atom stereocenters. The summed E-state index contributed by atoms with van der Waals surface area (Å²) in [6, 6.07) is 6.50. The van der Waals surface area contributed by atoms with E-state index in [1.54, 1.807) is 14.2 Å². The van der Waals surface area contributed by atoms with Gasteiger partial charge in [-0.15, -0.1) is 0 Å². The molecule has 22 heavy (non-hydrogen) atoms. The van der Waals surface area contributed by atoms with Crippen LogP contribution in [0, 0.1) is 11.8 Å². The van der Waals surface area contributed by atoms with Gasteiger partial charge in [0.25, 0.3) is 0 Å². The van der Waals surface area contributed by atoms with E-state index in [2.05, 4.69) is 30.9 Å². The second kappa shape index (κ2) is 7.84. The SMILES string of the molecule is COc1ccc(CC2CC(N)CN(CC(C)C)C2)cc1OC. The number of piperidine rings is 1. The molecule has 2 unspecified atom stereocenters. The van der Waals surface area contributed by atoms with Crippen LogP contribution < -0.4 is 15.2 Å². The fourth-order valence-electron chi connectivity index (χ4n) is 3.50. The first-order valence-electron chi connectivity index (χ1n) is 8.20. The fraction of sp³-hybridized carbons (Fsp3) is 0.667. The van der Waals surface area contributed by atoms with Gasteiger partial charge in [0.05, 0.1) is 14.2 Å². The molecular formula is C18H30N2O2. The average molecular weight is 306 g/mol. The van der Waals surface area contributed by atoms with Gasteiger partial charge in [0.1, 0.15) is 0 Å². The first-order chi connectivity index (χ1) is 10.5. The van der Waals surface area contributed by atoms with E-state index >= 15 is 0 Å². The highest BCUT2D eigenvalue weighted by Gasteiger charge is 2.25. The van der Waals surface area contributed by atoms with Gasteiger partial charge in [-0.25, -0.2) is 0 Å². The monoisotopic (exact) mass is 306 g/mol. The van der Waals surface area contributed by atoms with E-state index in [9.17, 15) is 0 Å². The van der Waals surface area contributed by atoms with E-state index in [0.717, 1.165) is 44.0 Å². The summed E-state index contributed by atoms with van der Waals surface area (Å²) in [6.07, 6.45) is 2.14. The van der Waals surface area contributed by atoms with E-state index in [1.165, 1.54) is 5.56 Å². The van der Waals surface area contributed by atoms with Crippen molar-refractivity contribution in [1.29, 1.82) is 0 Å². The number of rotatable bonds is 6. The molecule has 0 bridgehead atoms. The van der Waals surface area contributed by atoms with Crippen molar-refractivity contribution >= 4 is 0 Å². The third-order valence-corrected chi connectivity index (χ3v) is 4.24. The van der Waals surface area contributed by atoms with Crippen LogP contribution in [-0.2, 0) is 6.42 Å². The Kier molecular flexibility index (Phi) is 6.09. The standard InChI is InChI=1S/C18H30N2O2/c1-13(2)10-20-11-15(8-16(19)12-20)7-14-5-6-17(21-3)18(9-14)22-4/h5-6,9,13,15-16H,7-8,10-12,19H2,1-4H3. The third kappa shape index (κ3) is 4.62. The van der Waals surface area contributed by atoms with E-state index in [1.807, 2.05) is 6.07 Å². The number of hydrogen-bond donors (Lipinski definition) is 1. The third-order valence-electron chi connectivity index (χ3n) is 4.24. The molecule has 1 aromatic rings. The maximum absolute atomic E-state index is 6.26. The molecule has 0 aromatic heterocycles. The molecule has 0 spiro atoms. The molecule has 2 rings (SSSR count). The summed E-state index contributed by atoms with van der Waals surface area (Å²) in [5.74, 6) is 2.89. The highest BCUT2D eigenvalue weighted by molar-refractivity contribution is 5.43. The summed E-state index contributed by atoms with van der Waals surface area (Å²) < 4.78 is 10.7. The molecule has 0 radical (unpaired) electrons. The lowest BCUT2D eigenvalue weighted by molar-refractivity contribution is 0.142. The zero-order chi connectivity index (χ0) is 16.1. The van der Waals surface area contributed by atoms with Crippen molar-refractivity contribution in [2.75, 3.05) is 33.9 Å². The van der Waals surface area contributed by atoms with Gasteiger partial charge in [0.2, 0.25) is 0 Å². The van der Waals surface area contributed by atoms with Crippen molar-refractivity contribution in [3.63, 3.8) is 0 Å². The maximum atomic E-state index is 6.26. The summed E-state index contributed by atoms with van der Waals surface area (Å²) in [6.45, 7) is 7.84. The van der Waals surface area contributed by atoms with Gasteiger partial charge in [0, 0.05) is 25.7 Å². The summed E-state index contributed by atoms with van der Waals surface area (Å²) in [5, 5.41) is 0. The van der Waals surface area contributed by atoms with Gasteiger partial charge in [-0.3, -0.25) is 0 Å². The molecule has 1 saturated heterocycles. The normalized spacial score (nSPS) is 22.8. The Balaban J connectivity index is 2.02. The van der Waals surface area contributed by atoms with Gasteiger partial charge in [-0.1, -0.05) is 19.9 Å². The van der Waals surface area contributed by atoms with Gasteiger partial charge in [0.15, 0.2) is 11.5 Å². The van der Waals surface area contributed by atoms with Crippen LogP contribution in [0.1, 0.15) is 25.8 Å². The number of nitrogens with two attached hydrogens (primary N) is 1. The van der Waals surface area contributed by atoms with Crippen LogP contribution in [0.5, 0.6) is 11.5 Å². The van der Waals surface area contributed by atoms with E-state index < -0.39 is 0 Å². The smallest absolute Gasteiger partial charge is 0.160 e. The Morgan fingerprint density at radius 2 is 1.91 bits per heavy atom. The zero-order valence-corrected chi connectivity index (χ0v) is 14.3. The van der Waals surface area contributed by atoms with Gasteiger partial charge in [-0.2, -0.15) is 0 Å². The Morgan fingerprint density at radius 1 is 1.18 bits per heavy atom. The highest BCUT2D eigenvalue weighted by Crippen LogP contribution is 2.30. The molecule has 0 amide bonds. The Hall–Kier alpha value is -1.26. The predicted molar refractivity (Wildman–Crippen MR) is 90.6 cm³/mol. The number of benzene rings is 1. The topological polar surface area (TPSA) is 47.7 Å². The van der Waals surface area contributed by atoms with Crippen LogP contribution in [0.2, 0.25) is 0 Å². The van der Waals surface area contributed by atoms with E-state index in [0.29, 0.717) is 11.8 Å². The van der Waals surface area contributed by atoms with Crippen molar-refractivity contribution in [1.82, 2.24) is 4.90 Å². The largest absolute Gasteiger partial charge is 0.493 e. The quantitative estimate of drug-likeness (QED) is 0.877. The van der Waals surface area contributed by atoms with Crippen molar-refractivity contribution in [3.05, 3.63) is 23.8 Å². The van der Waals surface area contributed by atoms with Crippen LogP contribution in [0.25, 0.3) is 0 Å². The predicted octanol–water partition coefficient (Wildman–Crippen LogP) is 2.55. The Bertz CT molecular complexity index is 474. The Morgan fingerprint density at radius 3 is 2.55 bits per heavy atom. The number of methoxy groups -OCH3 is 2. The molecule has 1 aliphatic heterocycles. The van der Waals surface area contributed by atoms with Gasteiger partial charge in [-0.05, 0) is 42.4 Å². The van der Waals surface area contributed by atoms with Crippen LogP contribution in [-0.4, -0.2) is 44.8 Å². The fourth-order valence-corrected chi connectivity index (χ4v) is 3.50. The molecule has 4 nitrogen and oxygen atoms in total. The van der Waals surface area contributed by atoms with E-state index in [-0.39, 0.29) is 6.04 Å². The lowest BCUT2D eigenvalue weighted by atomic mass is 9.88. The van der Waals surface area contributed by atoms with Gasteiger partial charge >= 0.3 is 0 Å². The summed E-state index contributed by atoms with van der Waals surface area (Å²) in [4.78, 5) is 2.52. The van der Waals surface area contributed by atoms with Crippen molar-refractivity contribution in [3.8, 4) is 11.5 Å². The van der Waals surface area contributed by atoms with Gasteiger partial charge < -0.3 is 20.1 Å². The molecule has 124 valence electrons. The average Bonchev–Trinajstić information content (AvgIpc) is 2.45. The maximum Gasteiger partial charge on any atom is 0.160 e. The molecule has 0 saturated carbocycles. The number of hydrogen-bond acceptors (Lipinski definition) is 4. The van der Waals surface area contributed by atoms with Crippen molar-refractivity contribution in [2.45, 2.75) is 32.7 Å². The molecule has 0 aliphatic carbocycles.